The molecule has 0 saturated carbocycles. The van der Waals surface area contributed by atoms with Crippen molar-refractivity contribution in [3.05, 3.63) is 48.3 Å². The monoisotopic (exact) mass is 230 g/mol. The summed E-state index contributed by atoms with van der Waals surface area (Å²) in [6, 6.07) is 3.06. The maximum atomic E-state index is 11.7. The number of aromatic nitrogens is 3. The number of aromatic hydroxyl groups is 1. The maximum Gasteiger partial charge on any atom is 0.253 e. The fourth-order valence-corrected chi connectivity index (χ4v) is 1.25. The van der Waals surface area contributed by atoms with Gasteiger partial charge in [-0.25, -0.2) is 9.97 Å². The summed E-state index contributed by atoms with van der Waals surface area (Å²) in [6.07, 6.45) is 5.66. The second-order valence-electron chi connectivity index (χ2n) is 3.32. The summed E-state index contributed by atoms with van der Waals surface area (Å²) >= 11 is 0. The lowest BCUT2D eigenvalue weighted by Gasteiger charge is -2.04. The minimum absolute atomic E-state index is 0.0420. The van der Waals surface area contributed by atoms with E-state index >= 15 is 0 Å². The molecule has 6 nitrogen and oxygen atoms in total. The van der Waals surface area contributed by atoms with E-state index in [0.717, 1.165) is 0 Å². The van der Waals surface area contributed by atoms with Gasteiger partial charge in [-0.2, -0.15) is 0 Å². The molecule has 0 aromatic carbocycles. The van der Waals surface area contributed by atoms with E-state index in [1.807, 2.05) is 0 Å². The van der Waals surface area contributed by atoms with E-state index in [0.29, 0.717) is 17.8 Å². The molecule has 2 heterocycles. The molecule has 0 radical (unpaired) electrons. The van der Waals surface area contributed by atoms with Crippen LogP contribution >= 0.6 is 0 Å². The van der Waals surface area contributed by atoms with Crippen LogP contribution in [0.15, 0.2) is 37.1 Å². The molecule has 86 valence electrons. The first-order valence-corrected chi connectivity index (χ1v) is 4.93. The van der Waals surface area contributed by atoms with E-state index in [2.05, 4.69) is 20.3 Å². The van der Waals surface area contributed by atoms with Crippen LogP contribution in [0, 0.1) is 0 Å². The lowest BCUT2D eigenvalue weighted by molar-refractivity contribution is 0.0949. The van der Waals surface area contributed by atoms with Gasteiger partial charge in [0.05, 0.1) is 24.0 Å². The Balaban J connectivity index is 1.98. The molecule has 2 N–H and O–H groups in total. The summed E-state index contributed by atoms with van der Waals surface area (Å²) in [4.78, 5) is 23.1. The van der Waals surface area contributed by atoms with Crippen molar-refractivity contribution in [3.8, 4) is 5.75 Å². The van der Waals surface area contributed by atoms with Crippen molar-refractivity contribution >= 4 is 5.91 Å². The Morgan fingerprint density at radius 1 is 1.35 bits per heavy atom. The van der Waals surface area contributed by atoms with Gasteiger partial charge in [0.2, 0.25) is 0 Å². The minimum atomic E-state index is -0.313. The van der Waals surface area contributed by atoms with Gasteiger partial charge in [-0.05, 0) is 12.1 Å². The van der Waals surface area contributed by atoms with Gasteiger partial charge in [0, 0.05) is 12.4 Å². The fraction of sp³-hybridized carbons (Fsp3) is 0.0909. The van der Waals surface area contributed by atoms with Crippen molar-refractivity contribution in [2.24, 2.45) is 0 Å². The van der Waals surface area contributed by atoms with Crippen LogP contribution in [0.4, 0.5) is 0 Å². The van der Waals surface area contributed by atoms with Crippen LogP contribution in [-0.2, 0) is 6.54 Å². The van der Waals surface area contributed by atoms with E-state index in [1.165, 1.54) is 24.8 Å². The molecule has 2 aromatic heterocycles. The minimum Gasteiger partial charge on any atom is -0.506 e. The molecule has 17 heavy (non-hydrogen) atoms. The molecule has 2 aromatic rings. The molecule has 0 aliphatic heterocycles. The predicted octanol–water partition coefficient (Wildman–Crippen LogP) is 0.507. The van der Waals surface area contributed by atoms with E-state index in [4.69, 9.17) is 0 Å². The SMILES string of the molecule is O=C(NCc1ccncn1)c1cncc(O)c1. The largest absolute Gasteiger partial charge is 0.506 e. The lowest BCUT2D eigenvalue weighted by Crippen LogP contribution is -2.23. The second kappa shape index (κ2) is 5.02. The number of rotatable bonds is 3. The van der Waals surface area contributed by atoms with Crippen LogP contribution in [0.5, 0.6) is 5.75 Å². The van der Waals surface area contributed by atoms with E-state index in [9.17, 15) is 9.90 Å². The molecule has 0 atom stereocenters. The first-order chi connectivity index (χ1) is 8.25. The van der Waals surface area contributed by atoms with E-state index in [-0.39, 0.29) is 11.7 Å². The Hall–Kier alpha value is -2.50. The number of carbonyl (C=O) groups is 1. The Bertz CT molecular complexity index is 516. The first-order valence-electron chi connectivity index (χ1n) is 4.93. The van der Waals surface area contributed by atoms with Crippen molar-refractivity contribution < 1.29 is 9.90 Å². The van der Waals surface area contributed by atoms with Crippen molar-refractivity contribution in [1.82, 2.24) is 20.3 Å². The van der Waals surface area contributed by atoms with Gasteiger partial charge in [0.25, 0.3) is 5.91 Å². The van der Waals surface area contributed by atoms with Crippen LogP contribution < -0.4 is 5.32 Å². The Labute approximate surface area is 97.4 Å². The van der Waals surface area contributed by atoms with Gasteiger partial charge in [0.15, 0.2) is 0 Å². The molecule has 0 bridgehead atoms. The zero-order valence-corrected chi connectivity index (χ0v) is 8.87. The van der Waals surface area contributed by atoms with Crippen LogP contribution in [-0.4, -0.2) is 26.0 Å². The molecule has 0 unspecified atom stereocenters. The molecular formula is C11H10N4O2. The highest BCUT2D eigenvalue weighted by Gasteiger charge is 2.06. The summed E-state index contributed by atoms with van der Waals surface area (Å²) in [7, 11) is 0. The van der Waals surface area contributed by atoms with Crippen LogP contribution in [0.2, 0.25) is 0 Å². The predicted molar refractivity (Wildman–Crippen MR) is 59.1 cm³/mol. The van der Waals surface area contributed by atoms with Gasteiger partial charge < -0.3 is 10.4 Å². The third-order valence-electron chi connectivity index (χ3n) is 2.06. The van der Waals surface area contributed by atoms with Gasteiger partial charge >= 0.3 is 0 Å². The highest BCUT2D eigenvalue weighted by atomic mass is 16.3. The molecule has 6 heteroatoms. The summed E-state index contributed by atoms with van der Waals surface area (Å²) in [5.74, 6) is -0.355. The normalized spacial score (nSPS) is 9.88. The summed E-state index contributed by atoms with van der Waals surface area (Å²) < 4.78 is 0. The lowest BCUT2D eigenvalue weighted by atomic mass is 10.2. The highest BCUT2D eigenvalue weighted by Crippen LogP contribution is 2.08. The average molecular weight is 230 g/mol. The Morgan fingerprint density at radius 3 is 2.94 bits per heavy atom. The molecule has 1 amide bonds. The van der Waals surface area contributed by atoms with Crippen LogP contribution in [0.3, 0.4) is 0 Å². The highest BCUT2D eigenvalue weighted by molar-refractivity contribution is 5.94. The van der Waals surface area contributed by atoms with Crippen molar-refractivity contribution in [1.29, 1.82) is 0 Å². The molecule has 2 rings (SSSR count). The Kier molecular flexibility index (Phi) is 3.25. The number of pyridine rings is 1. The zero-order chi connectivity index (χ0) is 12.1. The molecule has 0 saturated heterocycles. The Morgan fingerprint density at radius 2 is 2.24 bits per heavy atom. The number of carbonyl (C=O) groups excluding carboxylic acids is 1. The number of nitrogens with one attached hydrogen (secondary N) is 1. The quantitative estimate of drug-likeness (QED) is 0.801. The van der Waals surface area contributed by atoms with Gasteiger partial charge in [0.1, 0.15) is 12.1 Å². The molecular weight excluding hydrogens is 220 g/mol. The second-order valence-corrected chi connectivity index (χ2v) is 3.32. The molecule has 0 fully saturated rings. The molecule has 0 aliphatic rings. The number of nitrogens with zero attached hydrogens (tertiary/aromatic N) is 3. The van der Waals surface area contributed by atoms with Gasteiger partial charge in [-0.3, -0.25) is 9.78 Å². The van der Waals surface area contributed by atoms with Crippen molar-refractivity contribution in [3.63, 3.8) is 0 Å². The summed E-state index contributed by atoms with van der Waals surface area (Å²) in [5.41, 5.74) is 1.01. The number of amides is 1. The van der Waals surface area contributed by atoms with Gasteiger partial charge in [-0.1, -0.05) is 0 Å². The third kappa shape index (κ3) is 2.97. The first kappa shape index (κ1) is 11.0. The summed E-state index contributed by atoms with van der Waals surface area (Å²) in [5, 5.41) is 11.8. The fourth-order valence-electron chi connectivity index (χ4n) is 1.25. The van der Waals surface area contributed by atoms with Crippen molar-refractivity contribution in [2.75, 3.05) is 0 Å². The number of hydrogen-bond acceptors (Lipinski definition) is 5. The average Bonchev–Trinajstić information content (AvgIpc) is 2.37. The van der Waals surface area contributed by atoms with Gasteiger partial charge in [-0.15, -0.1) is 0 Å². The molecule has 0 aliphatic carbocycles. The molecule has 0 spiro atoms. The van der Waals surface area contributed by atoms with Crippen LogP contribution in [0.25, 0.3) is 0 Å². The summed E-state index contributed by atoms with van der Waals surface area (Å²) in [6.45, 7) is 0.303. The smallest absolute Gasteiger partial charge is 0.253 e. The van der Waals surface area contributed by atoms with Crippen molar-refractivity contribution in [2.45, 2.75) is 6.54 Å². The maximum absolute atomic E-state index is 11.7. The zero-order valence-electron chi connectivity index (χ0n) is 8.87. The van der Waals surface area contributed by atoms with Crippen LogP contribution in [0.1, 0.15) is 16.1 Å². The number of hydrogen-bond donors (Lipinski definition) is 2. The standard InChI is InChI=1S/C11H10N4O2/c16-10-3-8(4-13-6-10)11(17)14-5-9-1-2-12-7-15-9/h1-4,6-7,16H,5H2,(H,14,17). The van der Waals surface area contributed by atoms with E-state index < -0.39 is 0 Å². The third-order valence-corrected chi connectivity index (χ3v) is 2.06. The topological polar surface area (TPSA) is 88.0 Å². The van der Waals surface area contributed by atoms with E-state index in [1.54, 1.807) is 12.3 Å².